The molecule has 1 saturated heterocycles. The quantitative estimate of drug-likeness (QED) is 0.653. The molecule has 0 aromatic heterocycles. The molecule has 0 bridgehead atoms. The van der Waals surface area contributed by atoms with E-state index in [2.05, 4.69) is 19.2 Å². The molecule has 7 heteroatoms. The summed E-state index contributed by atoms with van der Waals surface area (Å²) in [5.41, 5.74) is 0.00753. The van der Waals surface area contributed by atoms with Crippen LogP contribution in [-0.2, 0) is 4.79 Å². The van der Waals surface area contributed by atoms with Gasteiger partial charge < -0.3 is 10.2 Å². The third kappa shape index (κ3) is 4.42. The Hall–Kier alpha value is -1.66. The predicted octanol–water partition coefficient (Wildman–Crippen LogP) is 1.75. The summed E-state index contributed by atoms with van der Waals surface area (Å²) in [5.74, 6) is 0.981. The average Bonchev–Trinajstić information content (AvgIpc) is 2.39. The van der Waals surface area contributed by atoms with Crippen molar-refractivity contribution in [1.29, 1.82) is 0 Å². The van der Waals surface area contributed by atoms with Crippen LogP contribution in [0.15, 0.2) is 18.2 Å². The Kier molecular flexibility index (Phi) is 5.37. The number of benzene rings is 1. The molecule has 6 nitrogen and oxygen atoms in total. The van der Waals surface area contributed by atoms with Crippen LogP contribution in [0, 0.1) is 22.0 Å². The van der Waals surface area contributed by atoms with Gasteiger partial charge in [0, 0.05) is 22.9 Å². The second-order valence-corrected chi connectivity index (χ2v) is 6.68. The fraction of sp³-hybridized carbons (Fsp3) is 0.533. The van der Waals surface area contributed by atoms with E-state index in [1.165, 1.54) is 29.5 Å². The molecular weight excluding hydrogens is 306 g/mol. The summed E-state index contributed by atoms with van der Waals surface area (Å²) < 4.78 is 0. The van der Waals surface area contributed by atoms with Crippen molar-refractivity contribution in [2.24, 2.45) is 11.8 Å². The van der Waals surface area contributed by atoms with E-state index in [9.17, 15) is 14.9 Å². The van der Waals surface area contributed by atoms with Crippen molar-refractivity contribution in [3.63, 3.8) is 0 Å². The highest BCUT2D eigenvalue weighted by Crippen LogP contribution is 2.27. The molecular formula is C15H21ClN3O3+. The van der Waals surface area contributed by atoms with Crippen LogP contribution >= 0.6 is 11.6 Å². The van der Waals surface area contributed by atoms with Gasteiger partial charge >= 0.3 is 0 Å². The molecule has 1 aromatic carbocycles. The number of anilines is 1. The van der Waals surface area contributed by atoms with Gasteiger partial charge in [-0.15, -0.1) is 0 Å². The second kappa shape index (κ2) is 7.07. The monoisotopic (exact) mass is 326 g/mol. The highest BCUT2D eigenvalue weighted by molar-refractivity contribution is 6.31. The van der Waals surface area contributed by atoms with Crippen molar-refractivity contribution < 1.29 is 14.6 Å². The van der Waals surface area contributed by atoms with Gasteiger partial charge in [-0.3, -0.25) is 14.9 Å². The lowest BCUT2D eigenvalue weighted by molar-refractivity contribution is -0.904. The van der Waals surface area contributed by atoms with Gasteiger partial charge in [-0.25, -0.2) is 0 Å². The number of nitrogens with zero attached hydrogens (tertiary/aromatic N) is 1. The van der Waals surface area contributed by atoms with Crippen molar-refractivity contribution >= 4 is 28.9 Å². The molecule has 2 atom stereocenters. The van der Waals surface area contributed by atoms with Crippen molar-refractivity contribution in [2.45, 2.75) is 20.3 Å². The van der Waals surface area contributed by atoms with E-state index in [1.807, 2.05) is 0 Å². The largest absolute Gasteiger partial charge is 0.327 e. The highest BCUT2D eigenvalue weighted by atomic mass is 35.5. The number of rotatable bonds is 4. The SMILES string of the molecule is C[C@H]1C[C@H](C)C[NH+](CC(=O)Nc2ccc(Cl)cc2[N+](=O)[O-])C1. The maximum atomic E-state index is 12.2. The molecule has 22 heavy (non-hydrogen) atoms. The van der Waals surface area contributed by atoms with Crippen LogP contribution in [0.4, 0.5) is 11.4 Å². The number of piperidine rings is 1. The van der Waals surface area contributed by atoms with Crippen molar-refractivity contribution in [2.75, 3.05) is 25.0 Å². The lowest BCUT2D eigenvalue weighted by Gasteiger charge is -2.31. The van der Waals surface area contributed by atoms with E-state index >= 15 is 0 Å². The molecule has 1 aliphatic rings. The zero-order valence-corrected chi connectivity index (χ0v) is 13.5. The lowest BCUT2D eigenvalue weighted by Crippen LogP contribution is -3.15. The van der Waals surface area contributed by atoms with Crippen LogP contribution in [0.5, 0.6) is 0 Å². The predicted molar refractivity (Wildman–Crippen MR) is 85.2 cm³/mol. The standard InChI is InChI=1S/C15H20ClN3O3/c1-10-5-11(2)8-18(7-10)9-15(20)17-13-4-3-12(16)6-14(13)19(21)22/h3-4,6,10-11H,5,7-9H2,1-2H3,(H,17,20)/p+1/t10-,11-/m0/s1. The van der Waals surface area contributed by atoms with E-state index in [0.717, 1.165) is 13.1 Å². The molecule has 1 fully saturated rings. The van der Waals surface area contributed by atoms with Crippen molar-refractivity contribution in [3.8, 4) is 0 Å². The summed E-state index contributed by atoms with van der Waals surface area (Å²) >= 11 is 5.76. The van der Waals surface area contributed by atoms with Gasteiger partial charge in [-0.1, -0.05) is 25.4 Å². The molecule has 0 spiro atoms. The van der Waals surface area contributed by atoms with Crippen molar-refractivity contribution in [3.05, 3.63) is 33.3 Å². The smallest absolute Gasteiger partial charge is 0.294 e. The molecule has 0 saturated carbocycles. The first-order valence-electron chi connectivity index (χ1n) is 7.42. The van der Waals surface area contributed by atoms with Crippen molar-refractivity contribution in [1.82, 2.24) is 0 Å². The number of likely N-dealkylation sites (tertiary alicyclic amines) is 1. The first-order valence-corrected chi connectivity index (χ1v) is 7.80. The summed E-state index contributed by atoms with van der Waals surface area (Å²) in [4.78, 5) is 23.9. The number of carbonyl (C=O) groups is 1. The lowest BCUT2D eigenvalue weighted by atomic mass is 9.92. The number of amides is 1. The van der Waals surface area contributed by atoms with E-state index in [1.54, 1.807) is 0 Å². The van der Waals surface area contributed by atoms with Gasteiger partial charge in [-0.05, 0) is 18.6 Å². The van der Waals surface area contributed by atoms with Gasteiger partial charge in [0.1, 0.15) is 5.69 Å². The summed E-state index contributed by atoms with van der Waals surface area (Å²) in [6, 6.07) is 4.24. The molecule has 1 heterocycles. The number of nitro benzene ring substituents is 1. The van der Waals surface area contributed by atoms with Crippen LogP contribution in [0.2, 0.25) is 5.02 Å². The summed E-state index contributed by atoms with van der Waals surface area (Å²) in [7, 11) is 0. The number of nitrogens with one attached hydrogen (secondary N) is 2. The van der Waals surface area contributed by atoms with Crippen LogP contribution in [0.3, 0.4) is 0 Å². The summed E-state index contributed by atoms with van der Waals surface area (Å²) in [6.07, 6.45) is 1.19. The fourth-order valence-electron chi connectivity index (χ4n) is 3.25. The van der Waals surface area contributed by atoms with Crippen LogP contribution in [-0.4, -0.2) is 30.5 Å². The minimum atomic E-state index is -0.542. The van der Waals surface area contributed by atoms with E-state index in [4.69, 9.17) is 11.6 Å². The Morgan fingerprint density at radius 1 is 1.41 bits per heavy atom. The number of hydrogen-bond donors (Lipinski definition) is 2. The highest BCUT2D eigenvalue weighted by Gasteiger charge is 2.27. The zero-order chi connectivity index (χ0) is 16.3. The van der Waals surface area contributed by atoms with Gasteiger partial charge in [0.05, 0.1) is 18.0 Å². The molecule has 1 aromatic rings. The maximum Gasteiger partial charge on any atom is 0.294 e. The maximum absolute atomic E-state index is 12.2. The number of quaternary nitrogens is 1. The molecule has 2 rings (SSSR count). The minimum Gasteiger partial charge on any atom is -0.327 e. The number of hydrogen-bond acceptors (Lipinski definition) is 3. The number of carbonyl (C=O) groups excluding carboxylic acids is 1. The molecule has 0 radical (unpaired) electrons. The van der Waals surface area contributed by atoms with Gasteiger partial charge in [0.25, 0.3) is 11.6 Å². The molecule has 120 valence electrons. The van der Waals surface area contributed by atoms with Gasteiger partial charge in [-0.2, -0.15) is 0 Å². The second-order valence-electron chi connectivity index (χ2n) is 6.25. The third-order valence-corrected chi connectivity index (χ3v) is 4.16. The fourth-order valence-corrected chi connectivity index (χ4v) is 3.42. The topological polar surface area (TPSA) is 76.7 Å². The van der Waals surface area contributed by atoms with Crippen LogP contribution in [0.25, 0.3) is 0 Å². The Morgan fingerprint density at radius 3 is 2.64 bits per heavy atom. The Bertz CT molecular complexity index is 569. The molecule has 2 N–H and O–H groups in total. The molecule has 1 amide bonds. The van der Waals surface area contributed by atoms with E-state index < -0.39 is 4.92 Å². The van der Waals surface area contributed by atoms with Gasteiger partial charge in [0.15, 0.2) is 6.54 Å². The Balaban J connectivity index is 2.02. The first kappa shape index (κ1) is 16.7. The van der Waals surface area contributed by atoms with E-state index in [0.29, 0.717) is 18.4 Å². The number of nitro groups is 1. The van der Waals surface area contributed by atoms with Crippen LogP contribution < -0.4 is 10.2 Å². The zero-order valence-electron chi connectivity index (χ0n) is 12.8. The Morgan fingerprint density at radius 2 is 2.05 bits per heavy atom. The molecule has 0 unspecified atom stereocenters. The average molecular weight is 327 g/mol. The summed E-state index contributed by atoms with van der Waals surface area (Å²) in [5, 5.41) is 13.9. The number of halogens is 1. The minimum absolute atomic E-state index is 0.184. The van der Waals surface area contributed by atoms with Crippen LogP contribution in [0.1, 0.15) is 20.3 Å². The molecule has 1 aliphatic heterocycles. The normalized spacial score (nSPS) is 24.8. The summed E-state index contributed by atoms with van der Waals surface area (Å²) in [6.45, 7) is 6.63. The third-order valence-electron chi connectivity index (χ3n) is 3.92. The Labute approximate surface area is 134 Å². The molecule has 0 aliphatic carbocycles. The van der Waals surface area contributed by atoms with E-state index in [-0.39, 0.29) is 22.3 Å². The van der Waals surface area contributed by atoms with Gasteiger partial charge in [0.2, 0.25) is 0 Å². The first-order chi connectivity index (χ1) is 10.3.